The zero-order valence-electron chi connectivity index (χ0n) is 7.09. The van der Waals surface area contributed by atoms with Gasteiger partial charge in [0.2, 0.25) is 0 Å². The molecule has 0 fully saturated rings. The highest BCUT2D eigenvalue weighted by atomic mass is 16.5. The Morgan fingerprint density at radius 1 is 1.64 bits per heavy atom. The predicted molar refractivity (Wildman–Crippen MR) is 45.2 cm³/mol. The Labute approximate surface area is 67.6 Å². The van der Waals surface area contributed by atoms with Crippen LogP contribution in [0, 0.1) is 0 Å². The third-order valence-electron chi connectivity index (χ3n) is 1.13. The monoisotopic (exact) mass is 154 g/mol. The molecule has 0 aliphatic rings. The Balaban J connectivity index is 3.82. The van der Waals surface area contributed by atoms with Crippen molar-refractivity contribution in [2.24, 2.45) is 0 Å². The highest BCUT2D eigenvalue weighted by Gasteiger charge is 2.02. The van der Waals surface area contributed by atoms with Crippen LogP contribution in [0.25, 0.3) is 0 Å². The molecule has 0 aromatic rings. The van der Waals surface area contributed by atoms with E-state index in [0.29, 0.717) is 12.2 Å². The Hall–Kier alpha value is -1.05. The SMILES string of the molecule is C=CC=C(C)C(=O)OCCC. The maximum absolute atomic E-state index is 11.0. The van der Waals surface area contributed by atoms with Crippen molar-refractivity contribution in [3.05, 3.63) is 24.3 Å². The third-order valence-corrected chi connectivity index (χ3v) is 1.13. The summed E-state index contributed by atoms with van der Waals surface area (Å²) in [6.45, 7) is 7.63. The van der Waals surface area contributed by atoms with E-state index in [1.807, 2.05) is 6.92 Å². The van der Waals surface area contributed by atoms with Crippen LogP contribution in [0.5, 0.6) is 0 Å². The van der Waals surface area contributed by atoms with Gasteiger partial charge in [0.1, 0.15) is 0 Å². The second-order valence-electron chi connectivity index (χ2n) is 2.22. The van der Waals surface area contributed by atoms with Crippen molar-refractivity contribution in [1.82, 2.24) is 0 Å². The van der Waals surface area contributed by atoms with Gasteiger partial charge < -0.3 is 4.74 Å². The van der Waals surface area contributed by atoms with Crippen molar-refractivity contribution in [3.8, 4) is 0 Å². The first kappa shape index (κ1) is 9.95. The normalized spacial score (nSPS) is 10.9. The van der Waals surface area contributed by atoms with E-state index in [9.17, 15) is 4.79 Å². The number of ether oxygens (including phenoxy) is 1. The van der Waals surface area contributed by atoms with Gasteiger partial charge in [-0.2, -0.15) is 0 Å². The Bertz CT molecular complexity index is 168. The predicted octanol–water partition coefficient (Wildman–Crippen LogP) is 2.07. The van der Waals surface area contributed by atoms with Gasteiger partial charge in [-0.25, -0.2) is 4.79 Å². The van der Waals surface area contributed by atoms with Crippen LogP contribution in [-0.2, 0) is 9.53 Å². The van der Waals surface area contributed by atoms with E-state index in [0.717, 1.165) is 6.42 Å². The molecule has 0 aromatic carbocycles. The van der Waals surface area contributed by atoms with Crippen molar-refractivity contribution in [2.45, 2.75) is 20.3 Å². The zero-order chi connectivity index (χ0) is 8.69. The minimum Gasteiger partial charge on any atom is -0.462 e. The highest BCUT2D eigenvalue weighted by Crippen LogP contribution is 1.96. The van der Waals surface area contributed by atoms with Crippen molar-refractivity contribution >= 4 is 5.97 Å². The van der Waals surface area contributed by atoms with Crippen LogP contribution in [-0.4, -0.2) is 12.6 Å². The molecule has 11 heavy (non-hydrogen) atoms. The molecule has 0 saturated carbocycles. The molecule has 0 atom stereocenters. The van der Waals surface area contributed by atoms with Gasteiger partial charge in [0.25, 0.3) is 0 Å². The fraction of sp³-hybridized carbons (Fsp3) is 0.444. The smallest absolute Gasteiger partial charge is 0.333 e. The van der Waals surface area contributed by atoms with E-state index < -0.39 is 0 Å². The van der Waals surface area contributed by atoms with Crippen LogP contribution in [0.4, 0.5) is 0 Å². The molecule has 2 nitrogen and oxygen atoms in total. The summed E-state index contributed by atoms with van der Waals surface area (Å²) in [5.41, 5.74) is 0.591. The van der Waals surface area contributed by atoms with Gasteiger partial charge in [0.15, 0.2) is 0 Å². The molecule has 0 rings (SSSR count). The van der Waals surface area contributed by atoms with Gasteiger partial charge in [-0.05, 0) is 13.3 Å². The molecule has 0 amide bonds. The molecule has 0 radical (unpaired) electrons. The number of rotatable bonds is 4. The summed E-state index contributed by atoms with van der Waals surface area (Å²) in [7, 11) is 0. The molecule has 0 bridgehead atoms. The summed E-state index contributed by atoms with van der Waals surface area (Å²) in [6, 6.07) is 0. The summed E-state index contributed by atoms with van der Waals surface area (Å²) in [5.74, 6) is -0.258. The minimum atomic E-state index is -0.258. The fourth-order valence-corrected chi connectivity index (χ4v) is 0.553. The molecule has 62 valence electrons. The Morgan fingerprint density at radius 3 is 2.73 bits per heavy atom. The molecule has 0 aliphatic heterocycles. The summed E-state index contributed by atoms with van der Waals surface area (Å²) in [4.78, 5) is 11.0. The molecular formula is C9H14O2. The number of esters is 1. The lowest BCUT2D eigenvalue weighted by molar-refractivity contribution is -0.138. The van der Waals surface area contributed by atoms with Gasteiger partial charge in [-0.15, -0.1) is 0 Å². The quantitative estimate of drug-likeness (QED) is 0.352. The zero-order valence-corrected chi connectivity index (χ0v) is 7.09. The van der Waals surface area contributed by atoms with Crippen LogP contribution >= 0.6 is 0 Å². The average Bonchev–Trinajstić information content (AvgIpc) is 2.00. The van der Waals surface area contributed by atoms with Gasteiger partial charge in [0.05, 0.1) is 6.61 Å². The Morgan fingerprint density at radius 2 is 2.27 bits per heavy atom. The molecule has 0 saturated heterocycles. The van der Waals surface area contributed by atoms with Crippen molar-refractivity contribution in [1.29, 1.82) is 0 Å². The first-order valence-electron chi connectivity index (χ1n) is 3.68. The molecule has 0 aromatic heterocycles. The van der Waals surface area contributed by atoms with E-state index >= 15 is 0 Å². The third kappa shape index (κ3) is 4.37. The maximum Gasteiger partial charge on any atom is 0.333 e. The van der Waals surface area contributed by atoms with Crippen molar-refractivity contribution in [2.75, 3.05) is 6.61 Å². The lowest BCUT2D eigenvalue weighted by Gasteiger charge is -2.00. The maximum atomic E-state index is 11.0. The first-order valence-corrected chi connectivity index (χ1v) is 3.68. The fourth-order valence-electron chi connectivity index (χ4n) is 0.553. The molecule has 2 heteroatoms. The molecule has 0 heterocycles. The summed E-state index contributed by atoms with van der Waals surface area (Å²) < 4.78 is 4.85. The van der Waals surface area contributed by atoms with Crippen LogP contribution in [0.2, 0.25) is 0 Å². The van der Waals surface area contributed by atoms with Gasteiger partial charge >= 0.3 is 5.97 Å². The first-order chi connectivity index (χ1) is 5.22. The van der Waals surface area contributed by atoms with Crippen molar-refractivity contribution < 1.29 is 9.53 Å². The van der Waals surface area contributed by atoms with E-state index in [1.54, 1.807) is 19.1 Å². The van der Waals surface area contributed by atoms with Gasteiger partial charge in [-0.1, -0.05) is 25.7 Å². The Kier molecular flexibility index (Phi) is 5.17. The van der Waals surface area contributed by atoms with E-state index in [4.69, 9.17) is 4.74 Å². The van der Waals surface area contributed by atoms with Crippen LogP contribution in [0.1, 0.15) is 20.3 Å². The van der Waals surface area contributed by atoms with Crippen LogP contribution in [0.15, 0.2) is 24.3 Å². The standard InChI is InChI=1S/C9H14O2/c1-4-6-8(3)9(10)11-7-5-2/h4,6H,1,5,7H2,2-3H3. The van der Waals surface area contributed by atoms with Gasteiger partial charge in [-0.3, -0.25) is 0 Å². The topological polar surface area (TPSA) is 26.3 Å². The number of allylic oxidation sites excluding steroid dienone is 2. The van der Waals surface area contributed by atoms with Crippen molar-refractivity contribution in [3.63, 3.8) is 0 Å². The lowest BCUT2D eigenvalue weighted by atomic mass is 10.3. The molecule has 0 N–H and O–H groups in total. The number of hydrogen-bond acceptors (Lipinski definition) is 2. The highest BCUT2D eigenvalue weighted by molar-refractivity contribution is 5.88. The summed E-state index contributed by atoms with van der Waals surface area (Å²) in [5, 5.41) is 0. The minimum absolute atomic E-state index is 0.258. The average molecular weight is 154 g/mol. The van der Waals surface area contributed by atoms with E-state index in [1.165, 1.54) is 0 Å². The second-order valence-corrected chi connectivity index (χ2v) is 2.22. The molecule has 0 unspecified atom stereocenters. The molecule has 0 spiro atoms. The van der Waals surface area contributed by atoms with Crippen LogP contribution < -0.4 is 0 Å². The second kappa shape index (κ2) is 5.71. The van der Waals surface area contributed by atoms with E-state index in [2.05, 4.69) is 6.58 Å². The number of hydrogen-bond donors (Lipinski definition) is 0. The molecule has 0 aliphatic carbocycles. The van der Waals surface area contributed by atoms with Crippen LogP contribution in [0.3, 0.4) is 0 Å². The summed E-state index contributed by atoms with van der Waals surface area (Å²) in [6.07, 6.45) is 4.06. The lowest BCUT2D eigenvalue weighted by Crippen LogP contribution is -2.05. The van der Waals surface area contributed by atoms with Gasteiger partial charge in [0, 0.05) is 5.57 Å². The number of carbonyl (C=O) groups excluding carboxylic acids is 1. The van der Waals surface area contributed by atoms with E-state index in [-0.39, 0.29) is 5.97 Å². The number of carbonyl (C=O) groups is 1. The molecular weight excluding hydrogens is 140 g/mol. The summed E-state index contributed by atoms with van der Waals surface area (Å²) >= 11 is 0. The largest absolute Gasteiger partial charge is 0.462 e.